The number of anilines is 2. The van der Waals surface area contributed by atoms with Crippen LogP contribution < -0.4 is 20.7 Å². The van der Waals surface area contributed by atoms with Crippen molar-refractivity contribution in [2.45, 2.75) is 32.0 Å². The van der Waals surface area contributed by atoms with Gasteiger partial charge in [0.05, 0.1) is 12.2 Å². The van der Waals surface area contributed by atoms with Crippen LogP contribution in [0.4, 0.5) is 25.1 Å². The fraction of sp³-hybridized carbons (Fsp3) is 0.389. The summed E-state index contributed by atoms with van der Waals surface area (Å²) in [6.45, 7) is 1.92. The van der Waals surface area contributed by atoms with Crippen LogP contribution in [0.1, 0.15) is 6.92 Å². The van der Waals surface area contributed by atoms with Crippen molar-refractivity contribution in [2.75, 3.05) is 23.4 Å². The molecule has 3 heterocycles. The van der Waals surface area contributed by atoms with Crippen LogP contribution in [0.2, 0.25) is 0 Å². The van der Waals surface area contributed by atoms with Crippen molar-refractivity contribution in [1.29, 1.82) is 0 Å². The molecule has 1 aromatic heterocycles. The number of aromatic nitrogens is 2. The Morgan fingerprint density at radius 1 is 1.34 bits per heavy atom. The number of nitrogens with one attached hydrogen (secondary N) is 1. The third kappa shape index (κ3) is 3.43. The van der Waals surface area contributed by atoms with Crippen LogP contribution in [0, 0.1) is 0 Å². The molecule has 1 aromatic carbocycles. The number of primary amides is 1. The number of hydrogen-bond donors (Lipinski definition) is 2. The molecule has 1 saturated heterocycles. The number of nitrogens with zero attached hydrogens (tertiary/aromatic N) is 3. The van der Waals surface area contributed by atoms with Gasteiger partial charge in [0.2, 0.25) is 5.91 Å². The summed E-state index contributed by atoms with van der Waals surface area (Å²) in [6, 6.07) is 4.86. The van der Waals surface area contributed by atoms with Crippen LogP contribution in [-0.4, -0.2) is 53.5 Å². The van der Waals surface area contributed by atoms with E-state index in [4.69, 9.17) is 15.2 Å². The zero-order valence-corrected chi connectivity index (χ0v) is 15.5. The minimum Gasteiger partial charge on any atom is -0.491 e. The zero-order valence-electron chi connectivity index (χ0n) is 15.5. The van der Waals surface area contributed by atoms with E-state index in [1.165, 1.54) is 0 Å². The van der Waals surface area contributed by atoms with Crippen LogP contribution >= 0.6 is 0 Å². The molecule has 2 amide bonds. The molecule has 2 aliphatic heterocycles. The Morgan fingerprint density at radius 2 is 2.14 bits per heavy atom. The van der Waals surface area contributed by atoms with Gasteiger partial charge in [-0.25, -0.2) is 18.5 Å². The molecule has 9 nitrogen and oxygen atoms in total. The second-order valence-electron chi connectivity index (χ2n) is 6.79. The first-order chi connectivity index (χ1) is 13.8. The maximum Gasteiger partial charge on any atom is 0.416 e. The van der Waals surface area contributed by atoms with Crippen molar-refractivity contribution in [1.82, 2.24) is 9.78 Å². The predicted molar refractivity (Wildman–Crippen MR) is 99.1 cm³/mol. The van der Waals surface area contributed by atoms with Gasteiger partial charge in [0.15, 0.2) is 5.82 Å². The minimum absolute atomic E-state index is 0.102. The third-order valence-electron chi connectivity index (χ3n) is 4.84. The van der Waals surface area contributed by atoms with E-state index in [9.17, 15) is 18.4 Å². The van der Waals surface area contributed by atoms with E-state index in [1.807, 2.05) is 0 Å². The highest BCUT2D eigenvalue weighted by Gasteiger charge is 2.42. The number of carbonyl (C=O) groups excluding carboxylic acids is 2. The van der Waals surface area contributed by atoms with Crippen molar-refractivity contribution in [2.24, 2.45) is 5.73 Å². The maximum absolute atomic E-state index is 13.3. The topological polar surface area (TPSA) is 112 Å². The van der Waals surface area contributed by atoms with Gasteiger partial charge in [-0.2, -0.15) is 5.10 Å². The van der Waals surface area contributed by atoms with E-state index in [1.54, 1.807) is 35.9 Å². The molecule has 2 aliphatic rings. The summed E-state index contributed by atoms with van der Waals surface area (Å²) < 4.78 is 38.7. The van der Waals surface area contributed by atoms with Crippen LogP contribution in [0.25, 0.3) is 11.3 Å². The first-order valence-corrected chi connectivity index (χ1v) is 9.00. The zero-order chi connectivity index (χ0) is 20.7. The van der Waals surface area contributed by atoms with E-state index >= 15 is 0 Å². The van der Waals surface area contributed by atoms with Gasteiger partial charge in [0, 0.05) is 23.4 Å². The highest BCUT2D eigenvalue weighted by atomic mass is 19.3. The number of hydrogen-bond acceptors (Lipinski definition) is 6. The number of benzene rings is 1. The molecular formula is C18H19F2N5O4. The molecule has 2 atom stereocenters. The average Bonchev–Trinajstić information content (AvgIpc) is 3.21. The van der Waals surface area contributed by atoms with E-state index in [2.05, 4.69) is 10.4 Å². The number of ether oxygens (including phenoxy) is 2. The summed E-state index contributed by atoms with van der Waals surface area (Å²) in [7, 11) is 0. The van der Waals surface area contributed by atoms with Crippen molar-refractivity contribution in [3.8, 4) is 17.0 Å². The molecule has 0 radical (unpaired) electrons. The molecule has 3 N–H and O–H groups in total. The second kappa shape index (κ2) is 7.22. The van der Waals surface area contributed by atoms with Gasteiger partial charge in [-0.15, -0.1) is 0 Å². The number of nitrogens with two attached hydrogens (primary N) is 1. The van der Waals surface area contributed by atoms with Gasteiger partial charge < -0.3 is 20.5 Å². The minimum atomic E-state index is -2.75. The maximum atomic E-state index is 13.3. The lowest BCUT2D eigenvalue weighted by Gasteiger charge is -2.17. The smallest absolute Gasteiger partial charge is 0.416 e. The lowest BCUT2D eigenvalue weighted by atomic mass is 10.1. The third-order valence-corrected chi connectivity index (χ3v) is 4.84. The summed E-state index contributed by atoms with van der Waals surface area (Å²) in [6.07, 6.45) is -3.60. The highest BCUT2D eigenvalue weighted by Crippen LogP contribution is 2.37. The Kier molecular flexibility index (Phi) is 4.73. The van der Waals surface area contributed by atoms with Gasteiger partial charge in [0.1, 0.15) is 31.0 Å². The molecule has 4 rings (SSSR count). The molecule has 1 unspecified atom stereocenters. The van der Waals surface area contributed by atoms with Crippen LogP contribution in [0.15, 0.2) is 24.3 Å². The standard InChI is InChI=1S/C18H19F2N5O4/c1-9(17(21)26)22-10-2-3-11-12-7-15(23-24(12)4-5-28-14(11)6-10)25-13(16(19)20)8-29-18(25)27/h2-3,6-7,9,13,16,22H,4-5,8H2,1H3,(H2,21,26)/t9-,13?/m0/s1. The molecule has 154 valence electrons. The van der Waals surface area contributed by atoms with Gasteiger partial charge in [-0.3, -0.25) is 9.48 Å². The second-order valence-corrected chi connectivity index (χ2v) is 6.79. The van der Waals surface area contributed by atoms with Crippen LogP contribution in [0.3, 0.4) is 0 Å². The first kappa shape index (κ1) is 19.0. The number of rotatable bonds is 5. The van der Waals surface area contributed by atoms with Crippen molar-refractivity contribution in [3.05, 3.63) is 24.3 Å². The Labute approximate surface area is 164 Å². The number of carbonyl (C=O) groups is 2. The Bertz CT molecular complexity index is 964. The molecule has 11 heteroatoms. The number of cyclic esters (lactones) is 1. The van der Waals surface area contributed by atoms with E-state index < -0.39 is 30.5 Å². The number of halogens is 2. The predicted octanol–water partition coefficient (Wildman–Crippen LogP) is 1.82. The molecule has 0 bridgehead atoms. The number of amides is 2. The van der Waals surface area contributed by atoms with Crippen molar-refractivity contribution >= 4 is 23.5 Å². The number of alkyl halides is 2. The van der Waals surface area contributed by atoms with Gasteiger partial charge in [-0.1, -0.05) is 0 Å². The van der Waals surface area contributed by atoms with E-state index in [-0.39, 0.29) is 12.4 Å². The molecule has 0 spiro atoms. The molecular weight excluding hydrogens is 388 g/mol. The molecule has 29 heavy (non-hydrogen) atoms. The number of fused-ring (bicyclic) bond motifs is 3. The fourth-order valence-electron chi connectivity index (χ4n) is 3.30. The Balaban J connectivity index is 1.68. The molecule has 0 saturated carbocycles. The fourth-order valence-corrected chi connectivity index (χ4v) is 3.30. The normalized spacial score (nSPS) is 19.1. The van der Waals surface area contributed by atoms with Crippen molar-refractivity contribution < 1.29 is 27.8 Å². The lowest BCUT2D eigenvalue weighted by molar-refractivity contribution is -0.118. The Morgan fingerprint density at radius 3 is 2.86 bits per heavy atom. The van der Waals surface area contributed by atoms with Gasteiger partial charge >= 0.3 is 6.09 Å². The summed E-state index contributed by atoms with van der Waals surface area (Å²) >= 11 is 0. The first-order valence-electron chi connectivity index (χ1n) is 9.00. The monoisotopic (exact) mass is 407 g/mol. The lowest BCUT2D eigenvalue weighted by Crippen LogP contribution is -2.39. The highest BCUT2D eigenvalue weighted by molar-refractivity contribution is 5.90. The molecule has 0 aliphatic carbocycles. The summed E-state index contributed by atoms with van der Waals surface area (Å²) in [5.41, 5.74) is 7.22. The molecule has 2 aromatic rings. The van der Waals surface area contributed by atoms with E-state index in [0.717, 1.165) is 4.90 Å². The van der Waals surface area contributed by atoms with Crippen LogP contribution in [-0.2, 0) is 16.1 Å². The largest absolute Gasteiger partial charge is 0.491 e. The summed E-state index contributed by atoms with van der Waals surface area (Å²) in [5, 5.41) is 7.30. The van der Waals surface area contributed by atoms with E-state index in [0.29, 0.717) is 35.8 Å². The van der Waals surface area contributed by atoms with Gasteiger partial charge in [-0.05, 0) is 19.1 Å². The molecule has 1 fully saturated rings. The summed E-state index contributed by atoms with van der Waals surface area (Å²) in [4.78, 5) is 24.1. The summed E-state index contributed by atoms with van der Waals surface area (Å²) in [5.74, 6) is 0.145. The van der Waals surface area contributed by atoms with Gasteiger partial charge in [0.25, 0.3) is 6.43 Å². The SMILES string of the molecule is C[C@H](Nc1ccc2c(c1)OCCn1nc(N3C(=O)OCC3C(F)F)cc1-2)C(N)=O. The van der Waals surface area contributed by atoms with Crippen LogP contribution in [0.5, 0.6) is 5.75 Å². The average molecular weight is 407 g/mol. The Hall–Kier alpha value is -3.37. The van der Waals surface area contributed by atoms with Crippen molar-refractivity contribution in [3.63, 3.8) is 0 Å². The quantitative estimate of drug-likeness (QED) is 0.782.